The number of ketones is 1. The van der Waals surface area contributed by atoms with Crippen LogP contribution in [-0.2, 0) is 11.2 Å². The molecule has 0 bridgehead atoms. The molecule has 3 nitrogen and oxygen atoms in total. The van der Waals surface area contributed by atoms with E-state index in [1.807, 2.05) is 24.3 Å². The van der Waals surface area contributed by atoms with Crippen LogP contribution in [0.1, 0.15) is 45.1 Å². The summed E-state index contributed by atoms with van der Waals surface area (Å²) in [5.74, 6) is 1.19. The van der Waals surface area contributed by atoms with E-state index in [4.69, 9.17) is 10.5 Å². The minimum atomic E-state index is 0.171. The van der Waals surface area contributed by atoms with Crippen LogP contribution in [-0.4, -0.2) is 19.4 Å². The molecule has 1 aromatic carbocycles. The van der Waals surface area contributed by atoms with Crippen molar-refractivity contribution in [3.63, 3.8) is 0 Å². The third-order valence-electron chi connectivity index (χ3n) is 3.75. The fraction of sp³-hybridized carbons (Fsp3) is 0.588. The Morgan fingerprint density at radius 2 is 1.80 bits per heavy atom. The number of ether oxygens (including phenoxy) is 1. The molecule has 0 saturated carbocycles. The Balaban J connectivity index is 2.32. The molecule has 0 radical (unpaired) electrons. The first kappa shape index (κ1) is 16.7. The standard InChI is InChI=1S/C17H27NO2/c1-17(2,12-13-18)11-10-15(19)7-4-14-5-8-16(20-3)9-6-14/h5-6,8-9H,4,7,10-13,18H2,1-3H3. The first-order valence-corrected chi connectivity index (χ1v) is 7.31. The molecule has 20 heavy (non-hydrogen) atoms. The van der Waals surface area contributed by atoms with Crippen molar-refractivity contribution in [2.75, 3.05) is 13.7 Å². The Bertz CT molecular complexity index is 410. The van der Waals surface area contributed by atoms with E-state index < -0.39 is 0 Å². The lowest BCUT2D eigenvalue weighted by Crippen LogP contribution is -2.18. The average molecular weight is 277 g/mol. The van der Waals surface area contributed by atoms with Gasteiger partial charge in [0.1, 0.15) is 11.5 Å². The lowest BCUT2D eigenvalue weighted by molar-refractivity contribution is -0.119. The van der Waals surface area contributed by atoms with Gasteiger partial charge in [-0.3, -0.25) is 4.79 Å². The first-order chi connectivity index (χ1) is 9.46. The quantitative estimate of drug-likeness (QED) is 0.753. The number of nitrogens with two attached hydrogens (primary N) is 1. The zero-order valence-corrected chi connectivity index (χ0v) is 12.9. The number of benzene rings is 1. The van der Waals surface area contributed by atoms with Gasteiger partial charge in [-0.15, -0.1) is 0 Å². The maximum atomic E-state index is 11.9. The Kier molecular flexibility index (Phi) is 6.73. The molecule has 2 N–H and O–H groups in total. The zero-order chi connectivity index (χ0) is 15.0. The van der Waals surface area contributed by atoms with Crippen LogP contribution in [0, 0.1) is 5.41 Å². The van der Waals surface area contributed by atoms with Gasteiger partial charge < -0.3 is 10.5 Å². The fourth-order valence-corrected chi connectivity index (χ4v) is 2.19. The molecular weight excluding hydrogens is 250 g/mol. The van der Waals surface area contributed by atoms with Crippen LogP contribution in [0.5, 0.6) is 5.75 Å². The summed E-state index contributed by atoms with van der Waals surface area (Å²) in [5, 5.41) is 0. The smallest absolute Gasteiger partial charge is 0.133 e. The van der Waals surface area contributed by atoms with Gasteiger partial charge in [-0.1, -0.05) is 26.0 Å². The summed E-state index contributed by atoms with van der Waals surface area (Å²) < 4.78 is 5.12. The Labute approximate surface area is 122 Å². The molecule has 112 valence electrons. The molecule has 3 heteroatoms. The minimum absolute atomic E-state index is 0.171. The van der Waals surface area contributed by atoms with Gasteiger partial charge >= 0.3 is 0 Å². The van der Waals surface area contributed by atoms with E-state index in [2.05, 4.69) is 13.8 Å². The van der Waals surface area contributed by atoms with Crippen LogP contribution < -0.4 is 10.5 Å². The molecule has 0 aromatic heterocycles. The maximum Gasteiger partial charge on any atom is 0.133 e. The lowest BCUT2D eigenvalue weighted by Gasteiger charge is -2.23. The van der Waals surface area contributed by atoms with Crippen molar-refractivity contribution in [1.29, 1.82) is 0 Å². The van der Waals surface area contributed by atoms with Crippen molar-refractivity contribution in [2.24, 2.45) is 11.1 Å². The normalized spacial score (nSPS) is 11.4. The predicted molar refractivity (Wildman–Crippen MR) is 83.0 cm³/mol. The molecule has 0 spiro atoms. The molecule has 0 unspecified atom stereocenters. The highest BCUT2D eigenvalue weighted by atomic mass is 16.5. The second-order valence-electron chi connectivity index (χ2n) is 6.09. The number of rotatable bonds is 9. The molecule has 0 aliphatic heterocycles. The molecule has 0 aliphatic carbocycles. The van der Waals surface area contributed by atoms with Crippen LogP contribution in [0.3, 0.4) is 0 Å². The highest BCUT2D eigenvalue weighted by Crippen LogP contribution is 2.26. The van der Waals surface area contributed by atoms with E-state index in [-0.39, 0.29) is 5.41 Å². The number of methoxy groups -OCH3 is 1. The second-order valence-corrected chi connectivity index (χ2v) is 6.09. The number of aryl methyl sites for hydroxylation is 1. The molecule has 1 rings (SSSR count). The monoisotopic (exact) mass is 277 g/mol. The number of carbonyl (C=O) groups excluding carboxylic acids is 1. The largest absolute Gasteiger partial charge is 0.497 e. The van der Waals surface area contributed by atoms with E-state index in [1.54, 1.807) is 7.11 Å². The summed E-state index contributed by atoms with van der Waals surface area (Å²) in [5.41, 5.74) is 6.94. The first-order valence-electron chi connectivity index (χ1n) is 7.31. The van der Waals surface area contributed by atoms with Crippen LogP contribution in [0.2, 0.25) is 0 Å². The van der Waals surface area contributed by atoms with Crippen LogP contribution in [0.15, 0.2) is 24.3 Å². The lowest BCUT2D eigenvalue weighted by atomic mass is 9.83. The molecule has 0 aliphatic rings. The SMILES string of the molecule is COc1ccc(CCC(=O)CCC(C)(C)CCN)cc1. The average Bonchev–Trinajstić information content (AvgIpc) is 2.43. The van der Waals surface area contributed by atoms with Crippen molar-refractivity contribution in [2.45, 2.75) is 46.0 Å². The predicted octanol–water partition coefficient (Wildman–Crippen LogP) is 3.35. The zero-order valence-electron chi connectivity index (χ0n) is 12.9. The van der Waals surface area contributed by atoms with Gasteiger partial charge in [-0.25, -0.2) is 0 Å². The summed E-state index contributed by atoms with van der Waals surface area (Å²) >= 11 is 0. The number of carbonyl (C=O) groups is 1. The number of hydrogen-bond acceptors (Lipinski definition) is 3. The van der Waals surface area contributed by atoms with Gasteiger partial charge in [0.15, 0.2) is 0 Å². The van der Waals surface area contributed by atoms with Gasteiger partial charge in [-0.2, -0.15) is 0 Å². The van der Waals surface area contributed by atoms with Crippen molar-refractivity contribution in [3.8, 4) is 5.75 Å². The van der Waals surface area contributed by atoms with Crippen molar-refractivity contribution >= 4 is 5.78 Å². The van der Waals surface area contributed by atoms with Gasteiger partial charge in [0.2, 0.25) is 0 Å². The number of hydrogen-bond donors (Lipinski definition) is 1. The van der Waals surface area contributed by atoms with Gasteiger partial charge in [-0.05, 0) is 48.9 Å². The molecule has 0 heterocycles. The molecule has 0 fully saturated rings. The minimum Gasteiger partial charge on any atom is -0.497 e. The van der Waals surface area contributed by atoms with Gasteiger partial charge in [0.25, 0.3) is 0 Å². The summed E-state index contributed by atoms with van der Waals surface area (Å²) in [7, 11) is 1.65. The topological polar surface area (TPSA) is 52.3 Å². The Morgan fingerprint density at radius 1 is 1.15 bits per heavy atom. The maximum absolute atomic E-state index is 11.9. The summed E-state index contributed by atoms with van der Waals surface area (Å²) in [4.78, 5) is 11.9. The second kappa shape index (κ2) is 8.05. The Hall–Kier alpha value is -1.35. The van der Waals surface area contributed by atoms with E-state index in [0.717, 1.165) is 25.0 Å². The molecule has 1 aromatic rings. The third-order valence-corrected chi connectivity index (χ3v) is 3.75. The van der Waals surface area contributed by atoms with E-state index in [0.29, 0.717) is 25.2 Å². The van der Waals surface area contributed by atoms with Crippen molar-refractivity contribution < 1.29 is 9.53 Å². The van der Waals surface area contributed by atoms with Crippen molar-refractivity contribution in [3.05, 3.63) is 29.8 Å². The van der Waals surface area contributed by atoms with Crippen LogP contribution in [0.25, 0.3) is 0 Å². The van der Waals surface area contributed by atoms with E-state index in [1.165, 1.54) is 5.56 Å². The Morgan fingerprint density at radius 3 is 2.35 bits per heavy atom. The fourth-order valence-electron chi connectivity index (χ4n) is 2.19. The molecule has 0 atom stereocenters. The van der Waals surface area contributed by atoms with E-state index >= 15 is 0 Å². The van der Waals surface area contributed by atoms with Crippen molar-refractivity contribution in [1.82, 2.24) is 0 Å². The van der Waals surface area contributed by atoms with Gasteiger partial charge in [0, 0.05) is 12.8 Å². The molecule has 0 amide bonds. The highest BCUT2D eigenvalue weighted by molar-refractivity contribution is 5.78. The van der Waals surface area contributed by atoms with Gasteiger partial charge in [0.05, 0.1) is 7.11 Å². The molecular formula is C17H27NO2. The summed E-state index contributed by atoms with van der Waals surface area (Å²) in [6, 6.07) is 7.91. The number of Topliss-reactive ketones (excluding diaryl/α,β-unsaturated/α-hetero) is 1. The molecule has 0 saturated heterocycles. The van der Waals surface area contributed by atoms with E-state index in [9.17, 15) is 4.79 Å². The summed E-state index contributed by atoms with van der Waals surface area (Å²) in [6.45, 7) is 5.04. The highest BCUT2D eigenvalue weighted by Gasteiger charge is 2.18. The van der Waals surface area contributed by atoms with Crippen LogP contribution >= 0.6 is 0 Å². The van der Waals surface area contributed by atoms with Crippen LogP contribution in [0.4, 0.5) is 0 Å². The summed E-state index contributed by atoms with van der Waals surface area (Å²) in [6.07, 6.45) is 3.97. The third kappa shape index (κ3) is 6.20.